The van der Waals surface area contributed by atoms with E-state index in [2.05, 4.69) is 33.7 Å². The van der Waals surface area contributed by atoms with E-state index in [1.54, 1.807) is 11.8 Å². The second-order valence-corrected chi connectivity index (χ2v) is 6.10. The van der Waals surface area contributed by atoms with Crippen LogP contribution >= 0.6 is 23.1 Å². The van der Waals surface area contributed by atoms with Gasteiger partial charge >= 0.3 is 0 Å². The third-order valence-corrected chi connectivity index (χ3v) is 4.42. The Morgan fingerprint density at radius 2 is 2.22 bits per heavy atom. The lowest BCUT2D eigenvalue weighted by atomic mass is 10.3. The van der Waals surface area contributed by atoms with E-state index in [0.717, 1.165) is 29.7 Å². The van der Waals surface area contributed by atoms with Crippen LogP contribution in [0.25, 0.3) is 0 Å². The van der Waals surface area contributed by atoms with Gasteiger partial charge in [0.1, 0.15) is 0 Å². The van der Waals surface area contributed by atoms with Crippen LogP contribution in [0.15, 0.2) is 28.9 Å². The summed E-state index contributed by atoms with van der Waals surface area (Å²) in [5.41, 5.74) is 2.40. The molecule has 0 atom stereocenters. The molecule has 0 aliphatic carbocycles. The molecule has 3 nitrogen and oxygen atoms in total. The molecular weight excluding hydrogens is 262 g/mol. The summed E-state index contributed by atoms with van der Waals surface area (Å²) in [6.45, 7) is 6.07. The molecule has 2 aromatic heterocycles. The first-order chi connectivity index (χ1) is 8.75. The molecule has 0 aliphatic rings. The summed E-state index contributed by atoms with van der Waals surface area (Å²) in [5.74, 6) is 0.994. The summed E-state index contributed by atoms with van der Waals surface area (Å²) in [4.78, 5) is 10.0. The molecule has 0 bridgehead atoms. The van der Waals surface area contributed by atoms with Gasteiger partial charge in [-0.2, -0.15) is 0 Å². The van der Waals surface area contributed by atoms with Crippen LogP contribution in [0.4, 0.5) is 0 Å². The maximum absolute atomic E-state index is 4.36. The SMILES string of the molecule is Cc1ccnc(SCCNCc2sccc2C)n1. The minimum Gasteiger partial charge on any atom is -0.311 e. The van der Waals surface area contributed by atoms with E-state index in [1.165, 1.54) is 10.4 Å². The number of nitrogens with one attached hydrogen (secondary N) is 1. The summed E-state index contributed by atoms with van der Waals surface area (Å²) in [5, 5.41) is 6.45. The molecule has 5 heteroatoms. The van der Waals surface area contributed by atoms with Crippen molar-refractivity contribution in [1.82, 2.24) is 15.3 Å². The van der Waals surface area contributed by atoms with Gasteiger partial charge < -0.3 is 5.32 Å². The van der Waals surface area contributed by atoms with Gasteiger partial charge in [-0.15, -0.1) is 11.3 Å². The van der Waals surface area contributed by atoms with Crippen LogP contribution in [0.1, 0.15) is 16.1 Å². The van der Waals surface area contributed by atoms with Crippen LogP contribution in [-0.4, -0.2) is 22.3 Å². The van der Waals surface area contributed by atoms with E-state index in [9.17, 15) is 0 Å². The van der Waals surface area contributed by atoms with Gasteiger partial charge in [-0.05, 0) is 36.9 Å². The van der Waals surface area contributed by atoms with Crippen LogP contribution in [-0.2, 0) is 6.54 Å². The molecule has 0 aliphatic heterocycles. The zero-order valence-electron chi connectivity index (χ0n) is 10.6. The second kappa shape index (κ2) is 6.87. The number of aryl methyl sites for hydroxylation is 2. The van der Waals surface area contributed by atoms with Crippen molar-refractivity contribution in [2.24, 2.45) is 0 Å². The van der Waals surface area contributed by atoms with Gasteiger partial charge in [0.25, 0.3) is 0 Å². The number of hydrogen-bond acceptors (Lipinski definition) is 5. The fraction of sp³-hybridized carbons (Fsp3) is 0.385. The summed E-state index contributed by atoms with van der Waals surface area (Å²) < 4.78 is 0. The van der Waals surface area contributed by atoms with Crippen LogP contribution in [0.2, 0.25) is 0 Å². The summed E-state index contributed by atoms with van der Waals surface area (Å²) in [6, 6.07) is 4.08. The molecule has 18 heavy (non-hydrogen) atoms. The quantitative estimate of drug-likeness (QED) is 0.501. The van der Waals surface area contributed by atoms with Gasteiger partial charge in [0.05, 0.1) is 0 Å². The fourth-order valence-corrected chi connectivity index (χ4v) is 3.15. The highest BCUT2D eigenvalue weighted by molar-refractivity contribution is 7.99. The number of rotatable bonds is 6. The maximum Gasteiger partial charge on any atom is 0.187 e. The number of thioether (sulfide) groups is 1. The molecule has 96 valence electrons. The Morgan fingerprint density at radius 3 is 2.94 bits per heavy atom. The second-order valence-electron chi connectivity index (χ2n) is 4.03. The molecule has 0 amide bonds. The van der Waals surface area contributed by atoms with E-state index in [4.69, 9.17) is 0 Å². The molecule has 0 spiro atoms. The van der Waals surface area contributed by atoms with Gasteiger partial charge in [0.15, 0.2) is 5.16 Å². The first-order valence-corrected chi connectivity index (χ1v) is 7.78. The molecule has 0 aromatic carbocycles. The van der Waals surface area contributed by atoms with Crippen molar-refractivity contribution in [3.8, 4) is 0 Å². The maximum atomic E-state index is 4.36. The van der Waals surface area contributed by atoms with Crippen molar-refractivity contribution in [1.29, 1.82) is 0 Å². The zero-order valence-corrected chi connectivity index (χ0v) is 12.3. The lowest BCUT2D eigenvalue weighted by Crippen LogP contribution is -2.16. The Hall–Kier alpha value is -0.910. The Balaban J connectivity index is 1.66. The molecule has 1 N–H and O–H groups in total. The van der Waals surface area contributed by atoms with Crippen LogP contribution in [0.3, 0.4) is 0 Å². The molecule has 0 radical (unpaired) electrons. The molecule has 2 heterocycles. The van der Waals surface area contributed by atoms with Crippen molar-refractivity contribution in [3.05, 3.63) is 39.8 Å². The number of nitrogens with zero attached hydrogens (tertiary/aromatic N) is 2. The van der Waals surface area contributed by atoms with Crippen molar-refractivity contribution < 1.29 is 0 Å². The fourth-order valence-electron chi connectivity index (χ4n) is 1.50. The smallest absolute Gasteiger partial charge is 0.187 e. The van der Waals surface area contributed by atoms with E-state index < -0.39 is 0 Å². The molecular formula is C13H17N3S2. The Labute approximate surface area is 116 Å². The predicted octanol–water partition coefficient (Wildman–Crippen LogP) is 3.04. The Bertz CT molecular complexity index is 496. The van der Waals surface area contributed by atoms with Crippen molar-refractivity contribution >= 4 is 23.1 Å². The lowest BCUT2D eigenvalue weighted by molar-refractivity contribution is 0.737. The average molecular weight is 279 g/mol. The summed E-state index contributed by atoms with van der Waals surface area (Å²) in [6.07, 6.45) is 1.81. The van der Waals surface area contributed by atoms with Gasteiger partial charge in [0, 0.05) is 35.6 Å². The predicted molar refractivity (Wildman–Crippen MR) is 78.3 cm³/mol. The van der Waals surface area contributed by atoms with Crippen LogP contribution in [0.5, 0.6) is 0 Å². The summed E-state index contributed by atoms with van der Waals surface area (Å²) >= 11 is 3.51. The van der Waals surface area contributed by atoms with Gasteiger partial charge in [-0.1, -0.05) is 11.8 Å². The monoisotopic (exact) mass is 279 g/mol. The van der Waals surface area contributed by atoms with E-state index in [1.807, 2.05) is 30.5 Å². The number of hydrogen-bond donors (Lipinski definition) is 1. The molecule has 2 rings (SSSR count). The first kappa shape index (κ1) is 13.5. The largest absolute Gasteiger partial charge is 0.311 e. The van der Waals surface area contributed by atoms with E-state index in [-0.39, 0.29) is 0 Å². The number of aromatic nitrogens is 2. The molecule has 0 unspecified atom stereocenters. The average Bonchev–Trinajstić information content (AvgIpc) is 2.75. The Kier molecular flexibility index (Phi) is 5.16. The van der Waals surface area contributed by atoms with Gasteiger partial charge in [0.2, 0.25) is 0 Å². The van der Waals surface area contributed by atoms with E-state index >= 15 is 0 Å². The number of thiophene rings is 1. The molecule has 0 saturated heterocycles. The van der Waals surface area contributed by atoms with Crippen LogP contribution < -0.4 is 5.32 Å². The molecule has 0 fully saturated rings. The zero-order chi connectivity index (χ0) is 12.8. The highest BCUT2D eigenvalue weighted by Crippen LogP contribution is 2.15. The van der Waals surface area contributed by atoms with Crippen LogP contribution in [0, 0.1) is 13.8 Å². The normalized spacial score (nSPS) is 10.8. The third-order valence-electron chi connectivity index (χ3n) is 2.54. The van der Waals surface area contributed by atoms with Crippen molar-refractivity contribution in [3.63, 3.8) is 0 Å². The van der Waals surface area contributed by atoms with E-state index in [0.29, 0.717) is 0 Å². The van der Waals surface area contributed by atoms with Gasteiger partial charge in [-0.25, -0.2) is 9.97 Å². The lowest BCUT2D eigenvalue weighted by Gasteiger charge is -2.04. The van der Waals surface area contributed by atoms with Crippen molar-refractivity contribution in [2.45, 2.75) is 25.5 Å². The Morgan fingerprint density at radius 1 is 1.33 bits per heavy atom. The van der Waals surface area contributed by atoms with Crippen molar-refractivity contribution in [2.75, 3.05) is 12.3 Å². The topological polar surface area (TPSA) is 37.8 Å². The highest BCUT2D eigenvalue weighted by Gasteiger charge is 2.00. The minimum absolute atomic E-state index is 0.865. The highest BCUT2D eigenvalue weighted by atomic mass is 32.2. The standard InChI is InChI=1S/C13H17N3S2/c1-10-4-7-17-12(10)9-14-6-8-18-13-15-5-3-11(2)16-13/h3-5,7,14H,6,8-9H2,1-2H3. The molecule has 2 aromatic rings. The van der Waals surface area contributed by atoms with Gasteiger partial charge in [-0.3, -0.25) is 0 Å². The third kappa shape index (κ3) is 4.08. The first-order valence-electron chi connectivity index (χ1n) is 5.92. The molecule has 0 saturated carbocycles. The minimum atomic E-state index is 0.865. The summed E-state index contributed by atoms with van der Waals surface area (Å²) in [7, 11) is 0.